The molecule has 10 nitrogen and oxygen atoms in total. The summed E-state index contributed by atoms with van der Waals surface area (Å²) in [7, 11) is -7.72. The fourth-order valence-electron chi connectivity index (χ4n) is 4.16. The molecule has 0 fully saturated rings. The van der Waals surface area contributed by atoms with Crippen LogP contribution in [0.15, 0.2) is 45.3 Å². The van der Waals surface area contributed by atoms with Crippen LogP contribution in [0.4, 0.5) is 11.4 Å². The topological polar surface area (TPSA) is 143 Å². The Balaban J connectivity index is 1.76. The summed E-state index contributed by atoms with van der Waals surface area (Å²) >= 11 is 0. The SMILES string of the molecule is CC(C)CCC1(C)CC(C2=NS(=O)(=O)c3cc(NS(C)(=O)=O)ccc3N2)=C(O)c2ccnn21. The summed E-state index contributed by atoms with van der Waals surface area (Å²) < 4.78 is 57.0. The summed E-state index contributed by atoms with van der Waals surface area (Å²) in [4.78, 5) is -0.150. The molecule has 2 aliphatic rings. The molecule has 0 saturated heterocycles. The molecule has 1 aromatic heterocycles. The molecular weight excluding hydrogens is 466 g/mol. The Bertz CT molecular complexity index is 1390. The number of aliphatic hydroxyl groups excluding tert-OH is 1. The zero-order valence-corrected chi connectivity index (χ0v) is 20.5. The monoisotopic (exact) mass is 493 g/mol. The molecule has 1 aromatic carbocycles. The molecule has 0 amide bonds. The Morgan fingerprint density at radius 1 is 1.30 bits per heavy atom. The number of sulfonamides is 2. The van der Waals surface area contributed by atoms with E-state index in [0.29, 0.717) is 23.6 Å². The highest BCUT2D eigenvalue weighted by atomic mass is 32.2. The van der Waals surface area contributed by atoms with Crippen LogP contribution in [0.2, 0.25) is 0 Å². The van der Waals surface area contributed by atoms with Gasteiger partial charge in [0.05, 0.1) is 17.5 Å². The van der Waals surface area contributed by atoms with Gasteiger partial charge in [-0.1, -0.05) is 13.8 Å². The first-order valence-corrected chi connectivity index (χ1v) is 13.8. The number of hydrogen-bond donors (Lipinski definition) is 3. The van der Waals surface area contributed by atoms with Crippen LogP contribution < -0.4 is 10.0 Å². The molecule has 3 N–H and O–H groups in total. The fourth-order valence-corrected chi connectivity index (χ4v) is 5.89. The average Bonchev–Trinajstić information content (AvgIpc) is 3.20. The largest absolute Gasteiger partial charge is 0.505 e. The maximum atomic E-state index is 13.0. The lowest BCUT2D eigenvalue weighted by atomic mass is 9.82. The van der Waals surface area contributed by atoms with Crippen molar-refractivity contribution in [2.24, 2.45) is 10.3 Å². The molecular formula is C21H27N5O5S2. The van der Waals surface area contributed by atoms with E-state index in [1.807, 2.05) is 6.92 Å². The summed E-state index contributed by atoms with van der Waals surface area (Å²) in [6.07, 6.45) is 4.65. The number of aromatic nitrogens is 2. The number of fused-ring (bicyclic) bond motifs is 2. The molecule has 1 atom stereocenters. The smallest absolute Gasteiger partial charge is 0.286 e. The Morgan fingerprint density at radius 3 is 2.70 bits per heavy atom. The van der Waals surface area contributed by atoms with E-state index in [4.69, 9.17) is 0 Å². The van der Waals surface area contributed by atoms with Crippen LogP contribution in [0.1, 0.15) is 45.7 Å². The van der Waals surface area contributed by atoms with Crippen molar-refractivity contribution < 1.29 is 21.9 Å². The highest BCUT2D eigenvalue weighted by Crippen LogP contribution is 2.41. The minimum atomic E-state index is -4.15. The first kappa shape index (κ1) is 23.3. The lowest BCUT2D eigenvalue weighted by Crippen LogP contribution is -2.39. The normalized spacial score (nSPS) is 21.8. The van der Waals surface area contributed by atoms with Crippen molar-refractivity contribution in [1.82, 2.24) is 9.78 Å². The van der Waals surface area contributed by atoms with Crippen molar-refractivity contribution in [2.45, 2.75) is 50.5 Å². The van der Waals surface area contributed by atoms with Crippen LogP contribution in [-0.4, -0.2) is 43.8 Å². The Morgan fingerprint density at radius 2 is 2.03 bits per heavy atom. The van der Waals surface area contributed by atoms with Crippen molar-refractivity contribution in [2.75, 3.05) is 16.3 Å². The van der Waals surface area contributed by atoms with Gasteiger partial charge in [-0.2, -0.15) is 13.5 Å². The van der Waals surface area contributed by atoms with E-state index >= 15 is 0 Å². The summed E-state index contributed by atoms with van der Waals surface area (Å²) in [6, 6.07) is 5.84. The van der Waals surface area contributed by atoms with Crippen molar-refractivity contribution in [3.63, 3.8) is 0 Å². The van der Waals surface area contributed by atoms with Gasteiger partial charge in [0.15, 0.2) is 5.84 Å². The summed E-state index contributed by atoms with van der Waals surface area (Å²) in [5.41, 5.74) is 0.791. The van der Waals surface area contributed by atoms with E-state index in [2.05, 4.69) is 33.4 Å². The highest BCUT2D eigenvalue weighted by molar-refractivity contribution is 7.92. The van der Waals surface area contributed by atoms with Crippen LogP contribution in [0, 0.1) is 5.92 Å². The Hall–Kier alpha value is -2.86. The third-order valence-corrected chi connectivity index (χ3v) is 7.74. The Kier molecular flexibility index (Phi) is 5.56. The van der Waals surface area contributed by atoms with E-state index in [-0.39, 0.29) is 27.9 Å². The first-order valence-electron chi connectivity index (χ1n) is 10.5. The van der Waals surface area contributed by atoms with Gasteiger partial charge in [0.1, 0.15) is 16.3 Å². The lowest BCUT2D eigenvalue weighted by molar-refractivity contribution is 0.231. The fraction of sp³-hybridized carbons (Fsp3) is 0.429. The zero-order valence-electron chi connectivity index (χ0n) is 18.8. The van der Waals surface area contributed by atoms with Gasteiger partial charge in [-0.25, -0.2) is 8.42 Å². The third-order valence-electron chi connectivity index (χ3n) is 5.81. The Labute approximate surface area is 193 Å². The molecule has 178 valence electrons. The standard InChI is InChI=1S/C21H27N5O5S2/c1-13(2)7-9-21(3)12-15(19(27)17-8-10-22-26(17)21)20-23-16-6-5-14(24-32(4,28)29)11-18(16)33(30,31)25-20/h5-6,8,10-11,13,24,27H,7,9,12H2,1-4H3,(H,23,25). The quantitative estimate of drug-likeness (QED) is 0.560. The number of anilines is 2. The van der Waals surface area contributed by atoms with E-state index in [0.717, 1.165) is 19.1 Å². The van der Waals surface area contributed by atoms with Crippen LogP contribution in [-0.2, 0) is 25.6 Å². The van der Waals surface area contributed by atoms with Gasteiger partial charge in [-0.05, 0) is 49.9 Å². The summed E-state index contributed by atoms with van der Waals surface area (Å²) in [6.45, 7) is 6.30. The molecule has 0 aliphatic carbocycles. The van der Waals surface area contributed by atoms with Gasteiger partial charge < -0.3 is 10.4 Å². The summed E-state index contributed by atoms with van der Waals surface area (Å²) in [5.74, 6) is 0.442. The van der Waals surface area contributed by atoms with E-state index in [1.165, 1.54) is 18.2 Å². The molecule has 12 heteroatoms. The second-order valence-corrected chi connectivity index (χ2v) is 12.5. The van der Waals surface area contributed by atoms with E-state index < -0.39 is 25.6 Å². The number of benzene rings is 1. The van der Waals surface area contributed by atoms with Crippen molar-refractivity contribution in [3.05, 3.63) is 41.7 Å². The van der Waals surface area contributed by atoms with Crippen LogP contribution in [0.25, 0.3) is 5.76 Å². The number of rotatable bonds is 6. The maximum absolute atomic E-state index is 13.0. The number of nitrogens with zero attached hydrogens (tertiary/aromatic N) is 3. The number of amidine groups is 1. The minimum Gasteiger partial charge on any atom is -0.505 e. The number of nitrogens with one attached hydrogen (secondary N) is 2. The molecule has 1 unspecified atom stereocenters. The zero-order chi connectivity index (χ0) is 24.2. The molecule has 0 saturated carbocycles. The predicted octanol–water partition coefficient (Wildman–Crippen LogP) is 3.29. The second kappa shape index (κ2) is 7.87. The van der Waals surface area contributed by atoms with Gasteiger partial charge in [-0.3, -0.25) is 9.40 Å². The molecule has 2 aromatic rings. The van der Waals surface area contributed by atoms with Crippen LogP contribution in [0.5, 0.6) is 0 Å². The molecule has 2 aliphatic heterocycles. The molecule has 4 rings (SSSR count). The van der Waals surface area contributed by atoms with Gasteiger partial charge in [0.25, 0.3) is 10.0 Å². The summed E-state index contributed by atoms with van der Waals surface area (Å²) in [5, 5.41) is 18.4. The van der Waals surface area contributed by atoms with Gasteiger partial charge in [0.2, 0.25) is 10.0 Å². The second-order valence-electron chi connectivity index (χ2n) is 9.19. The predicted molar refractivity (Wildman–Crippen MR) is 127 cm³/mol. The van der Waals surface area contributed by atoms with Crippen molar-refractivity contribution >= 4 is 43.0 Å². The average molecular weight is 494 g/mol. The molecule has 0 spiro atoms. The minimum absolute atomic E-state index is 0.0482. The third kappa shape index (κ3) is 4.49. The number of hydrogen-bond acceptors (Lipinski definition) is 7. The van der Waals surface area contributed by atoms with Gasteiger partial charge >= 0.3 is 0 Å². The van der Waals surface area contributed by atoms with E-state index in [9.17, 15) is 21.9 Å². The molecule has 0 radical (unpaired) electrons. The number of aliphatic hydroxyl groups is 1. The molecule has 0 bridgehead atoms. The van der Waals surface area contributed by atoms with Gasteiger partial charge in [0, 0.05) is 23.9 Å². The van der Waals surface area contributed by atoms with Crippen molar-refractivity contribution in [1.29, 1.82) is 0 Å². The van der Waals surface area contributed by atoms with Crippen molar-refractivity contribution in [3.8, 4) is 0 Å². The van der Waals surface area contributed by atoms with Crippen LogP contribution >= 0.6 is 0 Å². The van der Waals surface area contributed by atoms with Gasteiger partial charge in [-0.15, -0.1) is 4.40 Å². The highest BCUT2D eigenvalue weighted by Gasteiger charge is 2.40. The maximum Gasteiger partial charge on any atom is 0.286 e. The van der Waals surface area contributed by atoms with Crippen LogP contribution in [0.3, 0.4) is 0 Å². The van der Waals surface area contributed by atoms with E-state index in [1.54, 1.807) is 16.9 Å². The molecule has 3 heterocycles. The molecule has 33 heavy (non-hydrogen) atoms. The first-order chi connectivity index (χ1) is 15.3. The lowest BCUT2D eigenvalue weighted by Gasteiger charge is -2.37.